The SMILES string of the molecule is O=C(C(F)F)N1CC2CCC(C1)O2. The molecule has 0 radical (unpaired) electrons. The molecule has 0 N–H and O–H groups in total. The average molecular weight is 191 g/mol. The van der Waals surface area contributed by atoms with Crippen molar-refractivity contribution in [1.29, 1.82) is 0 Å². The van der Waals surface area contributed by atoms with Gasteiger partial charge in [-0.1, -0.05) is 0 Å². The number of ether oxygens (including phenoxy) is 1. The Labute approximate surface area is 74.6 Å². The van der Waals surface area contributed by atoms with E-state index in [2.05, 4.69) is 0 Å². The van der Waals surface area contributed by atoms with Crippen LogP contribution in [0, 0.1) is 0 Å². The van der Waals surface area contributed by atoms with Gasteiger partial charge in [-0.05, 0) is 12.8 Å². The molecule has 2 aliphatic heterocycles. The molecule has 0 aromatic carbocycles. The largest absolute Gasteiger partial charge is 0.371 e. The fraction of sp³-hybridized carbons (Fsp3) is 0.875. The van der Waals surface area contributed by atoms with Crippen LogP contribution in [0.2, 0.25) is 0 Å². The number of fused-ring (bicyclic) bond motifs is 2. The summed E-state index contributed by atoms with van der Waals surface area (Å²) in [5.74, 6) is -1.06. The zero-order valence-electron chi connectivity index (χ0n) is 7.08. The van der Waals surface area contributed by atoms with E-state index >= 15 is 0 Å². The number of morpholine rings is 1. The van der Waals surface area contributed by atoms with Gasteiger partial charge < -0.3 is 9.64 Å². The molecule has 0 saturated carbocycles. The number of amides is 1. The molecule has 2 atom stereocenters. The second-order valence-electron chi connectivity index (χ2n) is 3.50. The van der Waals surface area contributed by atoms with E-state index in [9.17, 15) is 13.6 Å². The lowest BCUT2D eigenvalue weighted by Crippen LogP contribution is -2.47. The quantitative estimate of drug-likeness (QED) is 0.608. The van der Waals surface area contributed by atoms with Crippen LogP contribution in [0.3, 0.4) is 0 Å². The van der Waals surface area contributed by atoms with Crippen LogP contribution in [-0.2, 0) is 9.53 Å². The number of rotatable bonds is 1. The lowest BCUT2D eigenvalue weighted by Gasteiger charge is -2.31. The second-order valence-corrected chi connectivity index (χ2v) is 3.50. The topological polar surface area (TPSA) is 29.5 Å². The Kier molecular flexibility index (Phi) is 2.19. The van der Waals surface area contributed by atoms with Crippen LogP contribution >= 0.6 is 0 Å². The van der Waals surface area contributed by atoms with Crippen molar-refractivity contribution >= 4 is 5.91 Å². The molecular formula is C8H11F2NO2. The number of nitrogens with zero attached hydrogens (tertiary/aromatic N) is 1. The van der Waals surface area contributed by atoms with Crippen LogP contribution in [0.4, 0.5) is 8.78 Å². The van der Waals surface area contributed by atoms with Crippen molar-refractivity contribution in [2.75, 3.05) is 13.1 Å². The Balaban J connectivity index is 1.98. The van der Waals surface area contributed by atoms with E-state index in [-0.39, 0.29) is 12.2 Å². The van der Waals surface area contributed by atoms with Crippen LogP contribution in [-0.4, -0.2) is 42.5 Å². The predicted octanol–water partition coefficient (Wildman–Crippen LogP) is 0.641. The summed E-state index contributed by atoms with van der Waals surface area (Å²) in [6.07, 6.45) is -1.13. The molecule has 2 heterocycles. The van der Waals surface area contributed by atoms with E-state index in [4.69, 9.17) is 4.74 Å². The molecular weight excluding hydrogens is 180 g/mol. The molecule has 1 amide bonds. The lowest BCUT2D eigenvalue weighted by atomic mass is 10.2. The molecule has 2 fully saturated rings. The van der Waals surface area contributed by atoms with Crippen LogP contribution in [0.25, 0.3) is 0 Å². The minimum Gasteiger partial charge on any atom is -0.371 e. The number of hydrogen-bond acceptors (Lipinski definition) is 2. The fourth-order valence-corrected chi connectivity index (χ4v) is 1.93. The highest BCUT2D eigenvalue weighted by Crippen LogP contribution is 2.26. The number of hydrogen-bond donors (Lipinski definition) is 0. The number of halogens is 2. The Morgan fingerprint density at radius 3 is 2.31 bits per heavy atom. The maximum atomic E-state index is 12.1. The first-order chi connectivity index (χ1) is 6.16. The summed E-state index contributed by atoms with van der Waals surface area (Å²) < 4.78 is 29.5. The molecule has 3 nitrogen and oxygen atoms in total. The van der Waals surface area contributed by atoms with Crippen LogP contribution in [0.1, 0.15) is 12.8 Å². The second kappa shape index (κ2) is 3.21. The molecule has 2 saturated heterocycles. The third-order valence-electron chi connectivity index (χ3n) is 2.54. The first kappa shape index (κ1) is 8.87. The molecule has 0 aromatic rings. The van der Waals surface area contributed by atoms with Crippen molar-refractivity contribution in [3.05, 3.63) is 0 Å². The van der Waals surface area contributed by atoms with Gasteiger partial charge in [-0.25, -0.2) is 0 Å². The highest BCUT2D eigenvalue weighted by Gasteiger charge is 2.37. The standard InChI is InChI=1S/C8H11F2NO2/c9-7(10)8(12)11-3-5-1-2-6(4-11)13-5/h5-7H,1-4H2. The van der Waals surface area contributed by atoms with Gasteiger partial charge in [0.1, 0.15) is 0 Å². The van der Waals surface area contributed by atoms with E-state index in [0.717, 1.165) is 12.8 Å². The average Bonchev–Trinajstić information content (AvgIpc) is 2.44. The van der Waals surface area contributed by atoms with Gasteiger partial charge in [0.2, 0.25) is 0 Å². The zero-order valence-corrected chi connectivity index (χ0v) is 7.08. The maximum Gasteiger partial charge on any atom is 0.315 e. The van der Waals surface area contributed by atoms with Gasteiger partial charge >= 0.3 is 6.43 Å². The predicted molar refractivity (Wildman–Crippen MR) is 40.5 cm³/mol. The summed E-state index contributed by atoms with van der Waals surface area (Å²) >= 11 is 0. The molecule has 13 heavy (non-hydrogen) atoms. The molecule has 0 spiro atoms. The molecule has 0 aromatic heterocycles. The van der Waals surface area contributed by atoms with E-state index in [1.807, 2.05) is 0 Å². The monoisotopic (exact) mass is 191 g/mol. The Morgan fingerprint density at radius 1 is 1.31 bits per heavy atom. The third-order valence-corrected chi connectivity index (χ3v) is 2.54. The Bertz CT molecular complexity index is 210. The highest BCUT2D eigenvalue weighted by molar-refractivity contribution is 5.79. The summed E-state index contributed by atoms with van der Waals surface area (Å²) in [4.78, 5) is 12.2. The van der Waals surface area contributed by atoms with Gasteiger partial charge in [0.25, 0.3) is 5.91 Å². The summed E-state index contributed by atoms with van der Waals surface area (Å²) in [6, 6.07) is 0. The van der Waals surface area contributed by atoms with E-state index in [0.29, 0.717) is 13.1 Å². The van der Waals surface area contributed by atoms with Crippen molar-refractivity contribution in [2.24, 2.45) is 0 Å². The van der Waals surface area contributed by atoms with Crippen LogP contribution < -0.4 is 0 Å². The minimum atomic E-state index is -2.88. The van der Waals surface area contributed by atoms with Gasteiger partial charge in [-0.2, -0.15) is 8.78 Å². The minimum absolute atomic E-state index is 0.0125. The van der Waals surface area contributed by atoms with Crippen molar-refractivity contribution < 1.29 is 18.3 Å². The fourth-order valence-electron chi connectivity index (χ4n) is 1.93. The molecule has 2 rings (SSSR count). The summed E-state index contributed by atoms with van der Waals surface area (Å²) in [7, 11) is 0. The molecule has 2 bridgehead atoms. The maximum absolute atomic E-state index is 12.1. The first-order valence-corrected chi connectivity index (χ1v) is 4.39. The Morgan fingerprint density at radius 2 is 1.85 bits per heavy atom. The van der Waals surface area contributed by atoms with Crippen molar-refractivity contribution in [1.82, 2.24) is 4.90 Å². The Hall–Kier alpha value is -0.710. The summed E-state index contributed by atoms with van der Waals surface area (Å²) in [5, 5.41) is 0. The lowest BCUT2D eigenvalue weighted by molar-refractivity contribution is -0.151. The van der Waals surface area contributed by atoms with Crippen molar-refractivity contribution in [3.63, 3.8) is 0 Å². The summed E-state index contributed by atoms with van der Waals surface area (Å²) in [5.41, 5.74) is 0. The zero-order chi connectivity index (χ0) is 9.42. The van der Waals surface area contributed by atoms with Gasteiger partial charge in [-0.15, -0.1) is 0 Å². The molecule has 74 valence electrons. The number of alkyl halides is 2. The van der Waals surface area contributed by atoms with Crippen molar-refractivity contribution in [3.8, 4) is 0 Å². The number of carbonyl (C=O) groups is 1. The van der Waals surface area contributed by atoms with Gasteiger partial charge in [-0.3, -0.25) is 4.79 Å². The van der Waals surface area contributed by atoms with Crippen LogP contribution in [0.15, 0.2) is 0 Å². The molecule has 2 aliphatic rings. The third kappa shape index (κ3) is 1.65. The van der Waals surface area contributed by atoms with E-state index in [1.54, 1.807) is 0 Å². The number of carbonyl (C=O) groups excluding carboxylic acids is 1. The molecule has 0 aliphatic carbocycles. The molecule has 2 unspecified atom stereocenters. The van der Waals surface area contributed by atoms with Gasteiger partial charge in [0.05, 0.1) is 12.2 Å². The number of likely N-dealkylation sites (tertiary alicyclic amines) is 1. The molecule has 5 heteroatoms. The highest BCUT2D eigenvalue weighted by atomic mass is 19.3. The first-order valence-electron chi connectivity index (χ1n) is 4.39. The van der Waals surface area contributed by atoms with E-state index < -0.39 is 12.3 Å². The van der Waals surface area contributed by atoms with Gasteiger partial charge in [0, 0.05) is 13.1 Å². The van der Waals surface area contributed by atoms with Crippen LogP contribution in [0.5, 0.6) is 0 Å². The van der Waals surface area contributed by atoms with Gasteiger partial charge in [0.15, 0.2) is 0 Å². The summed E-state index contributed by atoms with van der Waals surface area (Å²) in [6.45, 7) is 0.666. The van der Waals surface area contributed by atoms with Crippen molar-refractivity contribution in [2.45, 2.75) is 31.5 Å². The normalized spacial score (nSPS) is 32.7. The van der Waals surface area contributed by atoms with E-state index in [1.165, 1.54) is 4.90 Å². The smallest absolute Gasteiger partial charge is 0.315 e.